The largest absolute Gasteiger partial charge is 0.337 e. The lowest BCUT2D eigenvalue weighted by molar-refractivity contribution is 0.0667. The number of carbonyl (C=O) groups is 1. The fraction of sp³-hybridized carbons (Fsp3) is 0.400. The van der Waals surface area contributed by atoms with E-state index in [9.17, 15) is 9.18 Å². The summed E-state index contributed by atoms with van der Waals surface area (Å²) in [5.41, 5.74) is 1.47. The van der Waals surface area contributed by atoms with E-state index in [1.54, 1.807) is 0 Å². The zero-order chi connectivity index (χ0) is 14.7. The molecule has 5 nitrogen and oxygen atoms in total. The Morgan fingerprint density at radius 2 is 2.19 bits per heavy atom. The maximum absolute atomic E-state index is 12.9. The Morgan fingerprint density at radius 3 is 2.90 bits per heavy atom. The van der Waals surface area contributed by atoms with Crippen LogP contribution in [0.5, 0.6) is 0 Å². The van der Waals surface area contributed by atoms with Crippen LogP contribution in [0, 0.1) is 11.7 Å². The number of hydrogen-bond acceptors (Lipinski definition) is 3. The van der Waals surface area contributed by atoms with Crippen molar-refractivity contribution in [2.75, 3.05) is 13.1 Å². The molecule has 1 saturated heterocycles. The highest BCUT2D eigenvalue weighted by molar-refractivity contribution is 5.91. The van der Waals surface area contributed by atoms with Gasteiger partial charge in [0.05, 0.1) is 6.20 Å². The van der Waals surface area contributed by atoms with Gasteiger partial charge in [-0.25, -0.2) is 4.39 Å². The van der Waals surface area contributed by atoms with Crippen LogP contribution in [0.1, 0.15) is 28.9 Å². The number of aromatic nitrogens is 3. The van der Waals surface area contributed by atoms with Crippen LogP contribution in [0.3, 0.4) is 0 Å². The smallest absolute Gasteiger partial charge is 0.276 e. The lowest BCUT2D eigenvalue weighted by atomic mass is 9.91. The monoisotopic (exact) mass is 288 g/mol. The van der Waals surface area contributed by atoms with Gasteiger partial charge in [-0.15, -0.1) is 0 Å². The van der Waals surface area contributed by atoms with Crippen molar-refractivity contribution in [3.8, 4) is 0 Å². The quantitative estimate of drug-likeness (QED) is 0.940. The van der Waals surface area contributed by atoms with Crippen LogP contribution < -0.4 is 0 Å². The number of carbonyl (C=O) groups excluding carboxylic acids is 1. The van der Waals surface area contributed by atoms with Gasteiger partial charge >= 0.3 is 0 Å². The Kier molecular flexibility index (Phi) is 3.94. The maximum Gasteiger partial charge on any atom is 0.276 e. The third kappa shape index (κ3) is 3.26. The molecule has 0 radical (unpaired) electrons. The summed E-state index contributed by atoms with van der Waals surface area (Å²) in [6.07, 6.45) is 4.38. The van der Waals surface area contributed by atoms with E-state index in [1.165, 1.54) is 18.3 Å². The molecule has 3 rings (SSSR count). The standard InChI is InChI=1S/C15H17FN4O/c16-13-5-3-11(4-6-13)8-12-2-1-7-20(10-12)15(21)14-9-17-19-18-14/h3-6,9,12H,1-2,7-8,10H2,(H,17,18,19)/t12-/m0/s1. The average Bonchev–Trinajstić information content (AvgIpc) is 3.03. The van der Waals surface area contributed by atoms with E-state index in [0.717, 1.165) is 31.4 Å². The number of amides is 1. The number of benzene rings is 1. The van der Waals surface area contributed by atoms with Crippen molar-refractivity contribution in [2.45, 2.75) is 19.3 Å². The zero-order valence-corrected chi connectivity index (χ0v) is 11.6. The molecule has 1 aliphatic rings. The Morgan fingerprint density at radius 1 is 1.38 bits per heavy atom. The Hall–Kier alpha value is -2.24. The minimum atomic E-state index is -0.217. The summed E-state index contributed by atoms with van der Waals surface area (Å²) in [5.74, 6) is 0.109. The first-order chi connectivity index (χ1) is 10.2. The number of halogens is 1. The number of nitrogens with one attached hydrogen (secondary N) is 1. The van der Waals surface area contributed by atoms with Crippen molar-refractivity contribution >= 4 is 5.91 Å². The zero-order valence-electron chi connectivity index (χ0n) is 11.6. The van der Waals surface area contributed by atoms with Crippen LogP contribution in [0.4, 0.5) is 4.39 Å². The summed E-state index contributed by atoms with van der Waals surface area (Å²) in [5, 5.41) is 9.98. The molecule has 6 heteroatoms. The summed E-state index contributed by atoms with van der Waals surface area (Å²) in [6.45, 7) is 1.47. The highest BCUT2D eigenvalue weighted by Gasteiger charge is 2.25. The van der Waals surface area contributed by atoms with Crippen LogP contribution in [-0.2, 0) is 6.42 Å². The van der Waals surface area contributed by atoms with Gasteiger partial charge in [0.1, 0.15) is 5.82 Å². The van der Waals surface area contributed by atoms with Gasteiger partial charge in [-0.3, -0.25) is 4.79 Å². The van der Waals surface area contributed by atoms with Crippen molar-refractivity contribution in [3.05, 3.63) is 47.5 Å². The van der Waals surface area contributed by atoms with E-state index in [2.05, 4.69) is 15.4 Å². The van der Waals surface area contributed by atoms with E-state index in [1.807, 2.05) is 17.0 Å². The second kappa shape index (κ2) is 6.03. The van der Waals surface area contributed by atoms with Crippen molar-refractivity contribution in [1.82, 2.24) is 20.3 Å². The highest BCUT2D eigenvalue weighted by Crippen LogP contribution is 2.22. The van der Waals surface area contributed by atoms with Crippen molar-refractivity contribution in [3.63, 3.8) is 0 Å². The van der Waals surface area contributed by atoms with Crippen molar-refractivity contribution < 1.29 is 9.18 Å². The third-order valence-corrected chi connectivity index (χ3v) is 3.88. The molecular formula is C15H17FN4O. The summed E-state index contributed by atoms with van der Waals surface area (Å²) in [7, 11) is 0. The molecule has 2 aromatic rings. The second-order valence-electron chi connectivity index (χ2n) is 5.45. The summed E-state index contributed by atoms with van der Waals surface area (Å²) >= 11 is 0. The molecule has 0 bridgehead atoms. The molecule has 1 amide bonds. The lowest BCUT2D eigenvalue weighted by Gasteiger charge is -2.32. The molecule has 1 fully saturated rings. The van der Waals surface area contributed by atoms with E-state index in [0.29, 0.717) is 18.2 Å². The third-order valence-electron chi connectivity index (χ3n) is 3.88. The molecule has 1 atom stereocenters. The number of hydrogen-bond donors (Lipinski definition) is 1. The normalized spacial score (nSPS) is 18.7. The molecule has 110 valence electrons. The first-order valence-corrected chi connectivity index (χ1v) is 7.12. The first kappa shape index (κ1) is 13.7. The number of likely N-dealkylation sites (tertiary alicyclic amines) is 1. The van der Waals surface area contributed by atoms with Crippen LogP contribution in [0.15, 0.2) is 30.5 Å². The SMILES string of the molecule is O=C(c1cn[nH]n1)N1CCC[C@@H](Cc2ccc(F)cc2)C1. The van der Waals surface area contributed by atoms with Gasteiger partial charge in [0, 0.05) is 13.1 Å². The highest BCUT2D eigenvalue weighted by atomic mass is 19.1. The van der Waals surface area contributed by atoms with E-state index >= 15 is 0 Å². The topological polar surface area (TPSA) is 61.9 Å². The molecule has 0 spiro atoms. The second-order valence-corrected chi connectivity index (χ2v) is 5.45. The van der Waals surface area contributed by atoms with Gasteiger partial charge in [0.2, 0.25) is 0 Å². The molecule has 1 aromatic heterocycles. The van der Waals surface area contributed by atoms with Crippen LogP contribution >= 0.6 is 0 Å². The Labute approximate surface area is 122 Å². The number of nitrogens with zero attached hydrogens (tertiary/aromatic N) is 3. The molecule has 1 aromatic carbocycles. The predicted octanol–water partition coefficient (Wildman–Crippen LogP) is 2.04. The first-order valence-electron chi connectivity index (χ1n) is 7.12. The summed E-state index contributed by atoms with van der Waals surface area (Å²) in [6, 6.07) is 6.59. The molecule has 1 N–H and O–H groups in total. The fourth-order valence-corrected chi connectivity index (χ4v) is 2.84. The van der Waals surface area contributed by atoms with Gasteiger partial charge in [0.25, 0.3) is 5.91 Å². The van der Waals surface area contributed by atoms with E-state index < -0.39 is 0 Å². The Bertz CT molecular complexity index is 597. The molecule has 0 unspecified atom stereocenters. The number of piperidine rings is 1. The van der Waals surface area contributed by atoms with Crippen LogP contribution in [0.2, 0.25) is 0 Å². The molecule has 0 saturated carbocycles. The number of H-pyrrole nitrogens is 1. The molecule has 21 heavy (non-hydrogen) atoms. The van der Waals surface area contributed by atoms with Crippen molar-refractivity contribution in [2.24, 2.45) is 5.92 Å². The summed E-state index contributed by atoms with van der Waals surface area (Å²) in [4.78, 5) is 14.1. The lowest BCUT2D eigenvalue weighted by Crippen LogP contribution is -2.40. The molecule has 2 heterocycles. The molecule has 0 aliphatic carbocycles. The van der Waals surface area contributed by atoms with Crippen LogP contribution in [-0.4, -0.2) is 39.3 Å². The predicted molar refractivity (Wildman–Crippen MR) is 75.1 cm³/mol. The van der Waals surface area contributed by atoms with E-state index in [4.69, 9.17) is 0 Å². The number of rotatable bonds is 3. The summed E-state index contributed by atoms with van der Waals surface area (Å²) < 4.78 is 12.9. The maximum atomic E-state index is 12.9. The average molecular weight is 288 g/mol. The van der Waals surface area contributed by atoms with Gasteiger partial charge in [-0.2, -0.15) is 15.4 Å². The molecular weight excluding hydrogens is 271 g/mol. The van der Waals surface area contributed by atoms with Gasteiger partial charge in [-0.1, -0.05) is 12.1 Å². The number of aromatic amines is 1. The van der Waals surface area contributed by atoms with Gasteiger partial charge in [0.15, 0.2) is 5.69 Å². The molecule has 1 aliphatic heterocycles. The van der Waals surface area contributed by atoms with Crippen molar-refractivity contribution in [1.29, 1.82) is 0 Å². The van der Waals surface area contributed by atoms with Crippen LogP contribution in [0.25, 0.3) is 0 Å². The fourth-order valence-electron chi connectivity index (χ4n) is 2.84. The minimum Gasteiger partial charge on any atom is -0.337 e. The van der Waals surface area contributed by atoms with E-state index in [-0.39, 0.29) is 11.7 Å². The van der Waals surface area contributed by atoms with Gasteiger partial charge in [-0.05, 0) is 42.9 Å². The van der Waals surface area contributed by atoms with Gasteiger partial charge < -0.3 is 4.90 Å². The Balaban J connectivity index is 1.63. The minimum absolute atomic E-state index is 0.0763.